The largest absolute Gasteiger partial charge is 0.352 e. The molecule has 1 aliphatic rings. The van der Waals surface area contributed by atoms with Gasteiger partial charge in [-0.05, 0) is 36.6 Å². The van der Waals surface area contributed by atoms with Gasteiger partial charge in [-0.25, -0.2) is 4.98 Å². The first-order valence-electron chi connectivity index (χ1n) is 8.64. The molecule has 7 heteroatoms. The van der Waals surface area contributed by atoms with Crippen LogP contribution in [0.15, 0.2) is 41.5 Å². The summed E-state index contributed by atoms with van der Waals surface area (Å²) in [5, 5.41) is 3.67. The van der Waals surface area contributed by atoms with Gasteiger partial charge in [0.15, 0.2) is 0 Å². The highest BCUT2D eigenvalue weighted by atomic mass is 35.5. The van der Waals surface area contributed by atoms with Crippen molar-refractivity contribution in [3.05, 3.63) is 52.0 Å². The highest BCUT2D eigenvalue weighted by Gasteiger charge is 2.18. The van der Waals surface area contributed by atoms with E-state index in [4.69, 9.17) is 11.6 Å². The third-order valence-corrected chi connectivity index (χ3v) is 6.08. The van der Waals surface area contributed by atoms with Gasteiger partial charge in [0.25, 0.3) is 5.56 Å². The van der Waals surface area contributed by atoms with E-state index in [0.29, 0.717) is 15.2 Å². The number of carbonyl (C=O) groups is 1. The Morgan fingerprint density at radius 3 is 2.73 bits per heavy atom. The number of hydrogen-bond acceptors (Lipinski definition) is 4. The van der Waals surface area contributed by atoms with Crippen LogP contribution < -0.4 is 10.9 Å². The second kappa shape index (κ2) is 7.21. The van der Waals surface area contributed by atoms with E-state index in [-0.39, 0.29) is 24.1 Å². The van der Waals surface area contributed by atoms with Gasteiger partial charge in [-0.3, -0.25) is 14.2 Å². The van der Waals surface area contributed by atoms with Crippen LogP contribution in [0.5, 0.6) is 0 Å². The molecular weight excluding hydrogens is 370 g/mol. The topological polar surface area (TPSA) is 64.0 Å². The molecule has 0 bridgehead atoms. The van der Waals surface area contributed by atoms with Crippen molar-refractivity contribution in [2.45, 2.75) is 38.3 Å². The molecule has 1 aromatic carbocycles. The molecule has 0 radical (unpaired) electrons. The van der Waals surface area contributed by atoms with Crippen molar-refractivity contribution in [2.75, 3.05) is 0 Å². The number of nitrogens with one attached hydrogen (secondary N) is 1. The second-order valence-electron chi connectivity index (χ2n) is 6.56. The summed E-state index contributed by atoms with van der Waals surface area (Å²) >= 11 is 7.32. The van der Waals surface area contributed by atoms with Gasteiger partial charge in [-0.2, -0.15) is 0 Å². The zero-order valence-corrected chi connectivity index (χ0v) is 15.6. The number of rotatable bonds is 4. The molecule has 1 fully saturated rings. The summed E-state index contributed by atoms with van der Waals surface area (Å²) in [5.74, 6) is -0.130. The number of amides is 1. The summed E-state index contributed by atoms with van der Waals surface area (Å²) in [6.45, 7) is 0.00640. The number of nitrogens with zero attached hydrogens (tertiary/aromatic N) is 2. The third-order valence-electron chi connectivity index (χ3n) is 4.67. The summed E-state index contributed by atoms with van der Waals surface area (Å²) in [4.78, 5) is 30.3. The molecular formula is C19H18ClN3O2S. The molecule has 1 saturated carbocycles. The highest BCUT2D eigenvalue weighted by molar-refractivity contribution is 7.22. The van der Waals surface area contributed by atoms with E-state index < -0.39 is 0 Å². The average Bonchev–Trinajstić information content (AvgIpc) is 3.28. The van der Waals surface area contributed by atoms with E-state index in [0.717, 1.165) is 36.1 Å². The normalized spacial score (nSPS) is 14.8. The number of benzene rings is 1. The number of aromatic nitrogens is 2. The SMILES string of the molecule is O=C(Cn1cnc2cc(-c3ccc(Cl)cc3)sc2c1=O)NC1CCCC1. The Morgan fingerprint density at radius 1 is 1.27 bits per heavy atom. The van der Waals surface area contributed by atoms with Gasteiger partial charge < -0.3 is 5.32 Å². The maximum absolute atomic E-state index is 12.7. The lowest BCUT2D eigenvalue weighted by molar-refractivity contribution is -0.122. The zero-order valence-electron chi connectivity index (χ0n) is 14.1. The van der Waals surface area contributed by atoms with Crippen LogP contribution in [0.3, 0.4) is 0 Å². The fourth-order valence-corrected chi connectivity index (χ4v) is 4.50. The average molecular weight is 388 g/mol. The number of halogens is 1. The first kappa shape index (κ1) is 17.2. The number of hydrogen-bond donors (Lipinski definition) is 1. The van der Waals surface area contributed by atoms with E-state index in [1.165, 1.54) is 22.2 Å². The van der Waals surface area contributed by atoms with Crippen LogP contribution in [0.2, 0.25) is 5.02 Å². The fraction of sp³-hybridized carbons (Fsp3) is 0.316. The molecule has 1 amide bonds. The zero-order chi connectivity index (χ0) is 18.1. The lowest BCUT2D eigenvalue weighted by Gasteiger charge is -2.12. The molecule has 1 N–H and O–H groups in total. The van der Waals surface area contributed by atoms with Crippen LogP contribution in [0.4, 0.5) is 0 Å². The number of fused-ring (bicyclic) bond motifs is 1. The number of carbonyl (C=O) groups excluding carboxylic acids is 1. The maximum Gasteiger partial charge on any atom is 0.271 e. The minimum atomic E-state index is -0.179. The fourth-order valence-electron chi connectivity index (χ4n) is 3.31. The van der Waals surface area contributed by atoms with Gasteiger partial charge in [0.1, 0.15) is 11.2 Å². The minimum Gasteiger partial charge on any atom is -0.352 e. The Morgan fingerprint density at radius 2 is 2.00 bits per heavy atom. The lowest BCUT2D eigenvalue weighted by Crippen LogP contribution is -2.37. The Hall–Kier alpha value is -2.18. The minimum absolute atomic E-state index is 0.00640. The van der Waals surface area contributed by atoms with Crippen molar-refractivity contribution in [2.24, 2.45) is 0 Å². The van der Waals surface area contributed by atoms with Crippen molar-refractivity contribution >= 4 is 39.1 Å². The van der Waals surface area contributed by atoms with E-state index in [1.54, 1.807) is 0 Å². The van der Waals surface area contributed by atoms with Crippen molar-refractivity contribution in [3.63, 3.8) is 0 Å². The second-order valence-corrected chi connectivity index (χ2v) is 8.05. The summed E-state index contributed by atoms with van der Waals surface area (Å²) < 4.78 is 1.94. The molecule has 0 aliphatic heterocycles. The molecule has 5 nitrogen and oxygen atoms in total. The monoisotopic (exact) mass is 387 g/mol. The summed E-state index contributed by atoms with van der Waals surface area (Å²) in [7, 11) is 0. The van der Waals surface area contributed by atoms with Gasteiger partial charge in [-0.15, -0.1) is 11.3 Å². The maximum atomic E-state index is 12.7. The molecule has 134 valence electrons. The summed E-state index contributed by atoms with van der Waals surface area (Å²) in [5.41, 5.74) is 1.46. The van der Waals surface area contributed by atoms with Crippen LogP contribution >= 0.6 is 22.9 Å². The van der Waals surface area contributed by atoms with Crippen molar-refractivity contribution < 1.29 is 4.79 Å². The summed E-state index contributed by atoms with van der Waals surface area (Å²) in [6.07, 6.45) is 5.81. The quantitative estimate of drug-likeness (QED) is 0.739. The first-order chi connectivity index (χ1) is 12.6. The van der Waals surface area contributed by atoms with Crippen LogP contribution in [0, 0.1) is 0 Å². The van der Waals surface area contributed by atoms with Gasteiger partial charge >= 0.3 is 0 Å². The Labute approximate surface area is 159 Å². The Bertz CT molecular complexity index is 1000. The predicted octanol–water partition coefficient (Wildman–Crippen LogP) is 3.84. The van der Waals surface area contributed by atoms with E-state index in [2.05, 4.69) is 10.3 Å². The van der Waals surface area contributed by atoms with Crippen molar-refractivity contribution in [1.82, 2.24) is 14.9 Å². The highest BCUT2D eigenvalue weighted by Crippen LogP contribution is 2.31. The van der Waals surface area contributed by atoms with E-state index >= 15 is 0 Å². The molecule has 0 atom stereocenters. The van der Waals surface area contributed by atoms with Crippen molar-refractivity contribution in [1.29, 1.82) is 0 Å². The standard InChI is InChI=1S/C19H18ClN3O2S/c20-13-7-5-12(6-8-13)16-9-15-18(26-16)19(25)23(11-21-15)10-17(24)22-14-3-1-2-4-14/h5-9,11,14H,1-4,10H2,(H,22,24). The first-order valence-corrected chi connectivity index (χ1v) is 9.84. The Balaban J connectivity index is 1.59. The molecule has 0 saturated heterocycles. The van der Waals surface area contributed by atoms with Gasteiger partial charge in [0.2, 0.25) is 5.91 Å². The molecule has 2 heterocycles. The van der Waals surface area contributed by atoms with E-state index in [9.17, 15) is 9.59 Å². The smallest absolute Gasteiger partial charge is 0.271 e. The predicted molar refractivity (Wildman–Crippen MR) is 105 cm³/mol. The van der Waals surface area contributed by atoms with Crippen LogP contribution in [0.25, 0.3) is 20.7 Å². The van der Waals surface area contributed by atoms with Crippen LogP contribution in [-0.4, -0.2) is 21.5 Å². The third kappa shape index (κ3) is 3.52. The molecule has 3 aromatic rings. The van der Waals surface area contributed by atoms with Gasteiger partial charge in [-0.1, -0.05) is 36.6 Å². The molecule has 0 spiro atoms. The molecule has 1 aliphatic carbocycles. The molecule has 0 unspecified atom stereocenters. The van der Waals surface area contributed by atoms with Crippen LogP contribution in [0.1, 0.15) is 25.7 Å². The number of thiophene rings is 1. The molecule has 2 aromatic heterocycles. The summed E-state index contributed by atoms with van der Waals surface area (Å²) in [6, 6.07) is 9.61. The molecule has 4 rings (SSSR count). The molecule has 26 heavy (non-hydrogen) atoms. The van der Waals surface area contributed by atoms with E-state index in [1.807, 2.05) is 30.3 Å². The van der Waals surface area contributed by atoms with Gasteiger partial charge in [0, 0.05) is 15.9 Å². The van der Waals surface area contributed by atoms with Crippen LogP contribution in [-0.2, 0) is 11.3 Å². The van der Waals surface area contributed by atoms with Gasteiger partial charge in [0.05, 0.1) is 11.8 Å². The Kier molecular flexibility index (Phi) is 4.78. The lowest BCUT2D eigenvalue weighted by atomic mass is 10.2. The van der Waals surface area contributed by atoms with Crippen molar-refractivity contribution in [3.8, 4) is 10.4 Å².